The van der Waals surface area contributed by atoms with E-state index in [1.807, 2.05) is 70.3 Å². The molecule has 0 saturated heterocycles. The number of carbonyl (C=O) groups is 3. The number of ether oxygens (including phenoxy) is 1. The van der Waals surface area contributed by atoms with Crippen molar-refractivity contribution in [1.29, 1.82) is 0 Å². The van der Waals surface area contributed by atoms with Crippen LogP contribution in [0.5, 0.6) is 0 Å². The Morgan fingerprint density at radius 1 is 0.755 bits per heavy atom. The average molecular weight is 688 g/mol. The van der Waals surface area contributed by atoms with Gasteiger partial charge in [0.05, 0.1) is 22.5 Å². The van der Waals surface area contributed by atoms with Crippen molar-refractivity contribution >= 4 is 41.0 Å². The van der Waals surface area contributed by atoms with Crippen LogP contribution in [0.1, 0.15) is 49.4 Å². The number of benzene rings is 4. The van der Waals surface area contributed by atoms with Crippen molar-refractivity contribution in [3.05, 3.63) is 126 Å². The third-order valence-corrected chi connectivity index (χ3v) is 8.01. The summed E-state index contributed by atoms with van der Waals surface area (Å²) in [7, 11) is 1.27. The van der Waals surface area contributed by atoms with Crippen LogP contribution in [-0.2, 0) is 9.53 Å². The number of non-ortho nitro benzene ring substituents is 2. The lowest BCUT2D eigenvalue weighted by Crippen LogP contribution is -2.42. The van der Waals surface area contributed by atoms with Crippen LogP contribution in [0.3, 0.4) is 0 Å². The van der Waals surface area contributed by atoms with Crippen LogP contribution >= 0.6 is 11.8 Å². The summed E-state index contributed by atoms with van der Waals surface area (Å²) < 4.78 is 4.79. The summed E-state index contributed by atoms with van der Waals surface area (Å²) in [6.45, 7) is 7.63. The van der Waals surface area contributed by atoms with Crippen LogP contribution < -0.4 is 5.32 Å². The standard InChI is InChI=1S/C21H24N2O5S.C15H13NO4/c1-13-9-14(2)11-15(10-13)18-12-16(23(26)27)5-6-17(18)20(24)22-19(7-8-29-4)21(25)28-3;1-9-5-10(2)7-11(6-9)14-8-12(16(19)20)3-4-13(14)15(17)18/h5-6,9-12,19H,7-8H2,1-4H3,(H,22,24);3-8H,1-2H3,(H,17,18)/t19-;/m0./s1. The fourth-order valence-corrected chi connectivity index (χ4v) is 5.75. The lowest BCUT2D eigenvalue weighted by molar-refractivity contribution is -0.385. The smallest absolute Gasteiger partial charge is 0.336 e. The molecular weight excluding hydrogens is 650 g/mol. The molecule has 0 heterocycles. The summed E-state index contributed by atoms with van der Waals surface area (Å²) >= 11 is 1.56. The zero-order valence-corrected chi connectivity index (χ0v) is 28.8. The molecule has 0 aliphatic carbocycles. The molecule has 1 atom stereocenters. The number of hydrogen-bond acceptors (Lipinski definition) is 9. The van der Waals surface area contributed by atoms with Crippen LogP contribution in [0.25, 0.3) is 22.3 Å². The Kier molecular flexibility index (Phi) is 13.2. The Morgan fingerprint density at radius 3 is 1.57 bits per heavy atom. The van der Waals surface area contributed by atoms with Gasteiger partial charge in [-0.1, -0.05) is 58.7 Å². The number of amides is 1. The van der Waals surface area contributed by atoms with E-state index in [-0.39, 0.29) is 22.5 Å². The van der Waals surface area contributed by atoms with Gasteiger partial charge < -0.3 is 15.2 Å². The van der Waals surface area contributed by atoms with Gasteiger partial charge in [0.1, 0.15) is 6.04 Å². The minimum atomic E-state index is -1.10. The molecule has 0 bridgehead atoms. The van der Waals surface area contributed by atoms with E-state index in [0.29, 0.717) is 34.4 Å². The summed E-state index contributed by atoms with van der Waals surface area (Å²) in [5.74, 6) is -1.44. The molecular formula is C36H37N3O9S. The molecule has 0 saturated carbocycles. The number of methoxy groups -OCH3 is 1. The van der Waals surface area contributed by atoms with Crippen LogP contribution in [0.4, 0.5) is 11.4 Å². The Labute approximate surface area is 287 Å². The third-order valence-electron chi connectivity index (χ3n) is 7.37. The second kappa shape index (κ2) is 17.0. The van der Waals surface area contributed by atoms with Gasteiger partial charge in [0.25, 0.3) is 17.3 Å². The Bertz CT molecular complexity index is 1870. The highest BCUT2D eigenvalue weighted by Crippen LogP contribution is 2.31. The average Bonchev–Trinajstić information content (AvgIpc) is 3.04. The number of nitrogens with zero attached hydrogens (tertiary/aromatic N) is 2. The van der Waals surface area contributed by atoms with Crippen molar-refractivity contribution in [2.75, 3.05) is 19.1 Å². The van der Waals surface area contributed by atoms with Gasteiger partial charge in [-0.2, -0.15) is 11.8 Å². The van der Waals surface area contributed by atoms with Gasteiger partial charge in [0.15, 0.2) is 0 Å². The molecule has 256 valence electrons. The number of aromatic carboxylic acids is 1. The van der Waals surface area contributed by atoms with Gasteiger partial charge in [-0.05, 0) is 69.4 Å². The maximum atomic E-state index is 13.0. The number of nitrogens with one attached hydrogen (secondary N) is 1. The molecule has 0 aliphatic heterocycles. The fraction of sp³-hybridized carbons (Fsp3) is 0.250. The van der Waals surface area contributed by atoms with E-state index in [1.165, 1.54) is 43.5 Å². The quantitative estimate of drug-likeness (QED) is 0.0912. The van der Waals surface area contributed by atoms with Crippen LogP contribution in [0, 0.1) is 47.9 Å². The number of hydrogen-bond donors (Lipinski definition) is 2. The number of carboxylic acid groups (broad SMARTS) is 1. The summed E-state index contributed by atoms with van der Waals surface area (Å²) in [6.07, 6.45) is 2.33. The van der Waals surface area contributed by atoms with E-state index >= 15 is 0 Å². The molecule has 13 heteroatoms. The number of carbonyl (C=O) groups excluding carboxylic acids is 2. The summed E-state index contributed by atoms with van der Waals surface area (Å²) in [6, 6.07) is 18.4. The van der Waals surface area contributed by atoms with Gasteiger partial charge in [-0.3, -0.25) is 25.0 Å². The van der Waals surface area contributed by atoms with E-state index in [4.69, 9.17) is 4.74 Å². The minimum absolute atomic E-state index is 0.0561. The summed E-state index contributed by atoms with van der Waals surface area (Å²) in [4.78, 5) is 57.4. The first-order chi connectivity index (χ1) is 23.1. The number of carboxylic acids is 1. The van der Waals surface area contributed by atoms with E-state index in [0.717, 1.165) is 22.3 Å². The van der Waals surface area contributed by atoms with Gasteiger partial charge in [-0.15, -0.1) is 0 Å². The Hall–Kier alpha value is -5.56. The molecule has 0 radical (unpaired) electrons. The number of nitro benzene ring substituents is 2. The first-order valence-electron chi connectivity index (χ1n) is 15.0. The number of esters is 1. The first-order valence-corrected chi connectivity index (χ1v) is 16.4. The van der Waals surface area contributed by atoms with Crippen LogP contribution in [0.2, 0.25) is 0 Å². The minimum Gasteiger partial charge on any atom is -0.478 e. The molecule has 1 amide bonds. The largest absolute Gasteiger partial charge is 0.478 e. The zero-order chi connectivity index (χ0) is 36.4. The van der Waals surface area contributed by atoms with Gasteiger partial charge in [-0.25, -0.2) is 9.59 Å². The van der Waals surface area contributed by atoms with Gasteiger partial charge >= 0.3 is 11.9 Å². The number of aryl methyl sites for hydroxylation is 4. The molecule has 12 nitrogen and oxygen atoms in total. The van der Waals surface area contributed by atoms with Crippen LogP contribution in [0.15, 0.2) is 72.8 Å². The van der Waals surface area contributed by atoms with E-state index < -0.39 is 33.7 Å². The predicted molar refractivity (Wildman–Crippen MR) is 189 cm³/mol. The second-order valence-electron chi connectivity index (χ2n) is 11.4. The SMILES string of the molecule is COC(=O)[C@H](CCSC)NC(=O)c1ccc([N+](=O)[O-])cc1-c1cc(C)cc(C)c1.Cc1cc(C)cc(-c2cc([N+](=O)[O-])ccc2C(=O)O)c1. The topological polar surface area (TPSA) is 179 Å². The van der Waals surface area contributed by atoms with Crippen molar-refractivity contribution in [2.24, 2.45) is 0 Å². The maximum absolute atomic E-state index is 13.0. The number of nitro groups is 2. The Balaban J connectivity index is 0.000000284. The van der Waals surface area contributed by atoms with Crippen molar-refractivity contribution in [3.63, 3.8) is 0 Å². The molecule has 4 rings (SSSR count). The number of thioether (sulfide) groups is 1. The summed E-state index contributed by atoms with van der Waals surface area (Å²) in [5, 5.41) is 34.1. The van der Waals surface area contributed by atoms with E-state index in [2.05, 4.69) is 5.32 Å². The van der Waals surface area contributed by atoms with Crippen molar-refractivity contribution in [3.8, 4) is 22.3 Å². The third kappa shape index (κ3) is 10.2. The van der Waals surface area contributed by atoms with Crippen molar-refractivity contribution in [2.45, 2.75) is 40.2 Å². The lowest BCUT2D eigenvalue weighted by atomic mass is 9.95. The molecule has 0 fully saturated rings. The van der Waals surface area contributed by atoms with E-state index in [1.54, 1.807) is 11.8 Å². The molecule has 4 aromatic rings. The molecule has 4 aromatic carbocycles. The molecule has 49 heavy (non-hydrogen) atoms. The normalized spacial score (nSPS) is 11.1. The highest BCUT2D eigenvalue weighted by Gasteiger charge is 2.25. The predicted octanol–water partition coefficient (Wildman–Crippen LogP) is 7.48. The van der Waals surface area contributed by atoms with Crippen molar-refractivity contribution in [1.82, 2.24) is 5.32 Å². The van der Waals surface area contributed by atoms with Crippen molar-refractivity contribution < 1.29 is 34.1 Å². The number of rotatable bonds is 11. The zero-order valence-electron chi connectivity index (χ0n) is 27.9. The highest BCUT2D eigenvalue weighted by molar-refractivity contribution is 7.98. The molecule has 2 N–H and O–H groups in total. The lowest BCUT2D eigenvalue weighted by Gasteiger charge is -2.18. The fourth-order valence-electron chi connectivity index (χ4n) is 5.28. The van der Waals surface area contributed by atoms with Gasteiger partial charge in [0.2, 0.25) is 0 Å². The summed E-state index contributed by atoms with van der Waals surface area (Å²) in [5.41, 5.74) is 6.17. The molecule has 0 aliphatic rings. The van der Waals surface area contributed by atoms with Gasteiger partial charge in [0, 0.05) is 41.0 Å². The Morgan fingerprint density at radius 2 is 1.18 bits per heavy atom. The maximum Gasteiger partial charge on any atom is 0.336 e. The first kappa shape index (κ1) is 37.9. The molecule has 0 spiro atoms. The molecule has 0 aromatic heterocycles. The molecule has 0 unspecified atom stereocenters. The van der Waals surface area contributed by atoms with Crippen LogP contribution in [-0.4, -0.2) is 58.0 Å². The highest BCUT2D eigenvalue weighted by atomic mass is 32.2. The second-order valence-corrected chi connectivity index (χ2v) is 12.3. The van der Waals surface area contributed by atoms with E-state index in [9.17, 15) is 39.7 Å². The monoisotopic (exact) mass is 687 g/mol.